The second kappa shape index (κ2) is 29.3. The molecular weight excluding hydrogens is 407 g/mol. The Morgan fingerprint density at radius 2 is 0.968 bits per heavy atom. The number of carboxylic acids is 1. The van der Waals surface area contributed by atoms with E-state index in [-0.39, 0.29) is 13.2 Å². The van der Waals surface area contributed by atoms with Crippen LogP contribution in [0.1, 0.15) is 103 Å². The summed E-state index contributed by atoms with van der Waals surface area (Å²) in [5, 5.41) is 63.2. The Balaban J connectivity index is -0.000000647. The van der Waals surface area contributed by atoms with Gasteiger partial charge in [0.05, 0.1) is 13.2 Å². The number of carbonyl (C=O) groups is 1. The van der Waals surface area contributed by atoms with Crippen LogP contribution in [0.15, 0.2) is 0 Å². The van der Waals surface area contributed by atoms with E-state index >= 15 is 0 Å². The molecule has 0 aromatic heterocycles. The molecule has 0 rings (SSSR count). The van der Waals surface area contributed by atoms with Crippen molar-refractivity contribution in [1.29, 1.82) is 0 Å². The molecule has 0 radical (unpaired) electrons. The van der Waals surface area contributed by atoms with Crippen molar-refractivity contribution in [3.8, 4) is 0 Å². The minimum atomic E-state index is -2.17. The highest BCUT2D eigenvalue weighted by atomic mass is 16.5. The summed E-state index contributed by atoms with van der Waals surface area (Å²) in [5.74, 6) is -1.09. The van der Waals surface area contributed by atoms with Crippen molar-refractivity contribution in [1.82, 2.24) is 0 Å². The molecule has 0 heterocycles. The van der Waals surface area contributed by atoms with Gasteiger partial charge < -0.3 is 40.6 Å². The van der Waals surface area contributed by atoms with Crippen LogP contribution in [0, 0.1) is 0 Å². The molecule has 0 amide bonds. The van der Waals surface area contributed by atoms with Crippen LogP contribution in [-0.2, 0) is 4.79 Å². The van der Waals surface area contributed by atoms with Crippen LogP contribution in [0.25, 0.3) is 0 Å². The SMILES string of the molecule is CCCCCCCCCCCCCCCCC(O)C(=O)O.OB(O)O.OCC(O)CO. The van der Waals surface area contributed by atoms with Crippen LogP contribution < -0.4 is 0 Å². The first kappa shape index (κ1) is 34.9. The van der Waals surface area contributed by atoms with Crippen LogP contribution in [0.5, 0.6) is 0 Å². The topological polar surface area (TPSA) is 179 Å². The first-order chi connectivity index (χ1) is 14.7. The Kier molecular flexibility index (Phi) is 32.9. The molecule has 10 heteroatoms. The molecule has 188 valence electrons. The third kappa shape index (κ3) is 40.2. The van der Waals surface area contributed by atoms with Gasteiger partial charge in [-0.3, -0.25) is 0 Å². The fourth-order valence-electron chi connectivity index (χ4n) is 2.71. The second-order valence-corrected chi connectivity index (χ2v) is 7.60. The average molecular weight is 454 g/mol. The Morgan fingerprint density at radius 1 is 0.677 bits per heavy atom. The molecule has 0 bridgehead atoms. The predicted molar refractivity (Wildman–Crippen MR) is 121 cm³/mol. The normalized spacial score (nSPS) is 11.3. The van der Waals surface area contributed by atoms with Gasteiger partial charge in [-0.15, -0.1) is 0 Å². The molecule has 0 aliphatic heterocycles. The summed E-state index contributed by atoms with van der Waals surface area (Å²) >= 11 is 0. The van der Waals surface area contributed by atoms with Crippen LogP contribution in [-0.4, -0.2) is 79.3 Å². The maximum absolute atomic E-state index is 10.4. The van der Waals surface area contributed by atoms with Crippen LogP contribution in [0.3, 0.4) is 0 Å². The van der Waals surface area contributed by atoms with Crippen molar-refractivity contribution in [2.24, 2.45) is 0 Å². The molecule has 0 aliphatic carbocycles. The van der Waals surface area contributed by atoms with Gasteiger partial charge in [-0.1, -0.05) is 96.8 Å². The number of hydrogen-bond acceptors (Lipinski definition) is 8. The lowest BCUT2D eigenvalue weighted by molar-refractivity contribution is -0.146. The van der Waals surface area contributed by atoms with Crippen LogP contribution in [0.2, 0.25) is 0 Å². The quantitative estimate of drug-likeness (QED) is 0.113. The number of aliphatic hydroxyl groups is 4. The summed E-state index contributed by atoms with van der Waals surface area (Å²) in [5.41, 5.74) is 0. The molecule has 0 aromatic carbocycles. The first-order valence-electron chi connectivity index (χ1n) is 11.6. The molecule has 8 N–H and O–H groups in total. The van der Waals surface area contributed by atoms with E-state index in [9.17, 15) is 4.79 Å². The molecule has 0 spiro atoms. The summed E-state index contributed by atoms with van der Waals surface area (Å²) < 4.78 is 0. The number of carboxylic acid groups (broad SMARTS) is 1. The van der Waals surface area contributed by atoms with E-state index in [0.717, 1.165) is 12.8 Å². The Hall–Kier alpha value is -0.745. The zero-order valence-electron chi connectivity index (χ0n) is 19.2. The smallest absolute Gasteiger partial charge is 0.479 e. The predicted octanol–water partition coefficient (Wildman–Crippen LogP) is 1.58. The number of hydrogen-bond donors (Lipinski definition) is 8. The summed E-state index contributed by atoms with van der Waals surface area (Å²) in [6.45, 7) is 1.53. The Morgan fingerprint density at radius 3 is 1.19 bits per heavy atom. The van der Waals surface area contributed by atoms with E-state index in [2.05, 4.69) is 6.92 Å². The van der Waals surface area contributed by atoms with Gasteiger partial charge >= 0.3 is 13.3 Å². The van der Waals surface area contributed by atoms with Crippen molar-refractivity contribution in [2.75, 3.05) is 13.2 Å². The van der Waals surface area contributed by atoms with Gasteiger partial charge in [-0.05, 0) is 6.42 Å². The van der Waals surface area contributed by atoms with E-state index in [1.54, 1.807) is 0 Å². The van der Waals surface area contributed by atoms with E-state index in [0.29, 0.717) is 6.42 Å². The molecule has 1 atom stereocenters. The molecule has 0 saturated carbocycles. The fraction of sp³-hybridized carbons (Fsp3) is 0.952. The number of aliphatic hydroxyl groups excluding tert-OH is 4. The van der Waals surface area contributed by atoms with Gasteiger partial charge in [0, 0.05) is 0 Å². The number of rotatable bonds is 18. The zero-order valence-corrected chi connectivity index (χ0v) is 19.2. The molecule has 0 aromatic rings. The third-order valence-corrected chi connectivity index (χ3v) is 4.54. The fourth-order valence-corrected chi connectivity index (χ4v) is 2.71. The van der Waals surface area contributed by atoms with E-state index < -0.39 is 25.5 Å². The van der Waals surface area contributed by atoms with Gasteiger partial charge in [0.2, 0.25) is 0 Å². The lowest BCUT2D eigenvalue weighted by atomic mass is 10.0. The van der Waals surface area contributed by atoms with Crippen LogP contribution >= 0.6 is 0 Å². The van der Waals surface area contributed by atoms with E-state index in [1.165, 1.54) is 77.0 Å². The summed E-state index contributed by atoms with van der Waals surface area (Å²) in [4.78, 5) is 10.4. The number of unbranched alkanes of at least 4 members (excludes halogenated alkanes) is 13. The summed E-state index contributed by atoms with van der Waals surface area (Å²) in [6, 6.07) is 0. The molecule has 0 aliphatic rings. The average Bonchev–Trinajstić information content (AvgIpc) is 2.73. The monoisotopic (exact) mass is 454 g/mol. The highest BCUT2D eigenvalue weighted by molar-refractivity contribution is 6.30. The Labute approximate surface area is 187 Å². The highest BCUT2D eigenvalue weighted by Crippen LogP contribution is 2.13. The van der Waals surface area contributed by atoms with Crippen molar-refractivity contribution >= 4 is 13.3 Å². The first-order valence-corrected chi connectivity index (χ1v) is 11.6. The van der Waals surface area contributed by atoms with Crippen LogP contribution in [0.4, 0.5) is 0 Å². The zero-order chi connectivity index (χ0) is 24.3. The van der Waals surface area contributed by atoms with Gasteiger partial charge in [0.25, 0.3) is 0 Å². The summed E-state index contributed by atoms with van der Waals surface area (Å²) in [7, 11) is -2.17. The molecule has 1 unspecified atom stereocenters. The second-order valence-electron chi connectivity index (χ2n) is 7.60. The third-order valence-electron chi connectivity index (χ3n) is 4.54. The molecule has 0 fully saturated rings. The van der Waals surface area contributed by atoms with Gasteiger partial charge in [-0.2, -0.15) is 0 Å². The van der Waals surface area contributed by atoms with Gasteiger partial charge in [-0.25, -0.2) is 4.79 Å². The minimum absolute atomic E-state index is 0.365. The van der Waals surface area contributed by atoms with Gasteiger partial charge in [0.15, 0.2) is 6.10 Å². The molecular formula is C21H47BO9. The minimum Gasteiger partial charge on any atom is -0.479 e. The van der Waals surface area contributed by atoms with Gasteiger partial charge in [0.1, 0.15) is 6.10 Å². The molecule has 9 nitrogen and oxygen atoms in total. The lowest BCUT2D eigenvalue weighted by Gasteiger charge is -2.05. The molecule has 31 heavy (non-hydrogen) atoms. The van der Waals surface area contributed by atoms with Crippen molar-refractivity contribution in [3.05, 3.63) is 0 Å². The van der Waals surface area contributed by atoms with E-state index in [1.807, 2.05) is 0 Å². The molecule has 0 saturated heterocycles. The Bertz CT molecular complexity index is 340. The highest BCUT2D eigenvalue weighted by Gasteiger charge is 2.11. The maximum atomic E-state index is 10.4. The van der Waals surface area contributed by atoms with Crippen molar-refractivity contribution in [3.63, 3.8) is 0 Å². The maximum Gasteiger partial charge on any atom is 0.631 e. The largest absolute Gasteiger partial charge is 0.631 e. The summed E-state index contributed by atoms with van der Waals surface area (Å²) in [6.07, 6.45) is 16.3. The number of aliphatic carboxylic acids is 1. The standard InChI is InChI=1S/C18H36O3.C3H8O3.BH3O3/c1-2-3-4-5-6-7-8-9-10-11-12-13-14-15-16-17(19)18(20)21;4-1-3(6)2-5;2-1(3)4/h17,19H,2-16H2,1H3,(H,20,21);3-6H,1-2H2;2-4H. The lowest BCUT2D eigenvalue weighted by Crippen LogP contribution is -2.18. The van der Waals surface area contributed by atoms with E-state index in [4.69, 9.17) is 40.6 Å². The van der Waals surface area contributed by atoms with Crippen molar-refractivity contribution in [2.45, 2.75) is 115 Å². The van der Waals surface area contributed by atoms with Crippen molar-refractivity contribution < 1.29 is 45.4 Å².